The molecule has 0 radical (unpaired) electrons. The molecule has 12 heteroatoms. The molecule has 1 atom stereocenters. The van der Waals surface area contributed by atoms with Crippen LogP contribution in [-0.4, -0.2) is 60.4 Å². The number of carbonyl (C=O) groups is 1. The fraction of sp³-hybridized carbons (Fsp3) is 0.355. The van der Waals surface area contributed by atoms with Crippen LogP contribution in [0.2, 0.25) is 0 Å². The molecule has 0 saturated heterocycles. The monoisotopic (exact) mass is 604 g/mol. The first-order valence-electron chi connectivity index (χ1n) is 14.1. The zero-order chi connectivity index (χ0) is 30.7. The number of hydrogen-bond acceptors (Lipinski definition) is 8. The van der Waals surface area contributed by atoms with Crippen molar-refractivity contribution in [3.05, 3.63) is 77.6 Å². The normalized spacial score (nSPS) is 16.6. The summed E-state index contributed by atoms with van der Waals surface area (Å²) in [7, 11) is -2.54. The van der Waals surface area contributed by atoms with Crippen molar-refractivity contribution >= 4 is 27.6 Å². The maximum atomic E-state index is 14.2. The van der Waals surface area contributed by atoms with E-state index < -0.39 is 16.1 Å². The molecule has 2 aromatic carbocycles. The molecule has 0 saturated carbocycles. The summed E-state index contributed by atoms with van der Waals surface area (Å²) in [6.07, 6.45) is 4.02. The predicted octanol–water partition coefficient (Wildman–Crippen LogP) is 4.86. The first kappa shape index (κ1) is 30.2. The summed E-state index contributed by atoms with van der Waals surface area (Å²) in [5.41, 5.74) is 4.11. The number of carbonyl (C=O) groups excluding carboxylic acids is 1. The molecule has 0 unspecified atom stereocenters. The Kier molecular flexibility index (Phi) is 8.79. The third-order valence-electron chi connectivity index (χ3n) is 7.23. The molecule has 1 amide bonds. The van der Waals surface area contributed by atoms with E-state index in [1.165, 1.54) is 12.1 Å². The Bertz CT molecular complexity index is 1720. The number of anilines is 2. The van der Waals surface area contributed by atoms with Crippen molar-refractivity contribution in [1.82, 2.24) is 19.7 Å². The number of nitrogens with zero attached hydrogens (tertiary/aromatic N) is 5. The highest BCUT2D eigenvalue weighted by atomic mass is 32.2. The smallest absolute Gasteiger partial charge is 0.264 e. The van der Waals surface area contributed by atoms with Crippen LogP contribution in [0.3, 0.4) is 0 Å². The van der Waals surface area contributed by atoms with Gasteiger partial charge >= 0.3 is 0 Å². The number of sulfonamides is 1. The van der Waals surface area contributed by atoms with E-state index in [1.807, 2.05) is 32.0 Å². The van der Waals surface area contributed by atoms with Crippen molar-refractivity contribution in [3.63, 3.8) is 0 Å². The maximum Gasteiger partial charge on any atom is 0.264 e. The van der Waals surface area contributed by atoms with Gasteiger partial charge in [0.1, 0.15) is 6.61 Å². The molecular formula is C31H36N6O5S. The van der Waals surface area contributed by atoms with E-state index in [0.717, 1.165) is 16.7 Å². The van der Waals surface area contributed by atoms with E-state index in [0.29, 0.717) is 31.0 Å². The van der Waals surface area contributed by atoms with Crippen molar-refractivity contribution in [2.24, 2.45) is 5.92 Å². The van der Waals surface area contributed by atoms with E-state index in [2.05, 4.69) is 33.6 Å². The Morgan fingerprint density at radius 1 is 1.09 bits per heavy atom. The number of benzene rings is 2. The predicted molar refractivity (Wildman–Crippen MR) is 164 cm³/mol. The lowest BCUT2D eigenvalue weighted by atomic mass is 10.00. The number of aromatic nitrogens is 4. The summed E-state index contributed by atoms with van der Waals surface area (Å²) in [5.74, 6) is -0.0930. The molecule has 5 rings (SSSR count). The SMILES string of the molecule is COCCn1cc(N2C(=O)c3cccc(c3)S(=O)(=O)Nc3nc(cc(-c4c(C)cccc4C)n3)OC[C@H]2CC(C)C)cn1. The lowest BCUT2D eigenvalue weighted by Gasteiger charge is -2.32. The quantitative estimate of drug-likeness (QED) is 0.317. The summed E-state index contributed by atoms with van der Waals surface area (Å²) in [4.78, 5) is 24.8. The van der Waals surface area contributed by atoms with Crippen molar-refractivity contribution in [3.8, 4) is 17.1 Å². The number of ether oxygens (including phenoxy) is 2. The second-order valence-electron chi connectivity index (χ2n) is 11.0. The summed E-state index contributed by atoms with van der Waals surface area (Å²) in [6, 6.07) is 13.1. The average molecular weight is 605 g/mol. The lowest BCUT2D eigenvalue weighted by Crippen LogP contribution is -2.44. The van der Waals surface area contributed by atoms with Gasteiger partial charge in [-0.1, -0.05) is 38.1 Å². The Labute approximate surface area is 251 Å². The van der Waals surface area contributed by atoms with Crippen molar-refractivity contribution in [1.29, 1.82) is 0 Å². The molecule has 43 heavy (non-hydrogen) atoms. The molecule has 1 N–H and O–H groups in total. The zero-order valence-corrected chi connectivity index (χ0v) is 25.8. The highest BCUT2D eigenvalue weighted by molar-refractivity contribution is 7.92. The van der Waals surface area contributed by atoms with Crippen LogP contribution in [0, 0.1) is 19.8 Å². The van der Waals surface area contributed by atoms with E-state index in [1.54, 1.807) is 47.3 Å². The molecule has 1 aliphatic rings. The molecule has 4 bridgehead atoms. The average Bonchev–Trinajstić information content (AvgIpc) is 3.42. The minimum Gasteiger partial charge on any atom is -0.475 e. The van der Waals surface area contributed by atoms with Gasteiger partial charge in [-0.05, 0) is 55.5 Å². The largest absolute Gasteiger partial charge is 0.475 e. The Balaban J connectivity index is 1.67. The Hall–Kier alpha value is -4.29. The van der Waals surface area contributed by atoms with Crippen LogP contribution in [0.5, 0.6) is 5.88 Å². The van der Waals surface area contributed by atoms with Crippen LogP contribution in [0.25, 0.3) is 11.3 Å². The van der Waals surface area contributed by atoms with Crippen LogP contribution >= 0.6 is 0 Å². The number of aryl methyl sites for hydroxylation is 2. The van der Waals surface area contributed by atoms with Crippen molar-refractivity contribution in [2.75, 3.05) is 29.9 Å². The fourth-order valence-electron chi connectivity index (χ4n) is 5.26. The minimum atomic E-state index is -4.15. The van der Waals surface area contributed by atoms with E-state index in [9.17, 15) is 13.2 Å². The summed E-state index contributed by atoms with van der Waals surface area (Å²) in [6.45, 7) is 9.15. The van der Waals surface area contributed by atoms with Gasteiger partial charge in [0.05, 0.1) is 41.7 Å². The molecular weight excluding hydrogens is 568 g/mol. The number of amides is 1. The van der Waals surface area contributed by atoms with Gasteiger partial charge in [0.2, 0.25) is 11.8 Å². The number of fused-ring (bicyclic) bond motifs is 4. The van der Waals surface area contributed by atoms with Crippen LogP contribution < -0.4 is 14.4 Å². The molecule has 226 valence electrons. The lowest BCUT2D eigenvalue weighted by molar-refractivity contribution is 0.0961. The molecule has 1 aliphatic heterocycles. The third-order valence-corrected chi connectivity index (χ3v) is 8.56. The molecule has 4 aromatic rings. The van der Waals surface area contributed by atoms with Crippen LogP contribution in [0.1, 0.15) is 41.8 Å². The van der Waals surface area contributed by atoms with E-state index in [4.69, 9.17) is 9.47 Å². The maximum absolute atomic E-state index is 14.2. The Morgan fingerprint density at radius 3 is 2.56 bits per heavy atom. The van der Waals surface area contributed by atoms with Crippen LogP contribution in [0.4, 0.5) is 11.6 Å². The molecule has 0 spiro atoms. The second-order valence-corrected chi connectivity index (χ2v) is 12.7. The molecule has 11 nitrogen and oxygen atoms in total. The van der Waals surface area contributed by atoms with Gasteiger partial charge in [0.25, 0.3) is 15.9 Å². The molecule has 2 aromatic heterocycles. The number of hydrogen-bond donors (Lipinski definition) is 1. The van der Waals surface area contributed by atoms with Gasteiger partial charge in [-0.25, -0.2) is 18.1 Å². The van der Waals surface area contributed by atoms with Crippen molar-refractivity contribution < 1.29 is 22.7 Å². The molecule has 0 fully saturated rings. The number of rotatable bonds is 7. The van der Waals surface area contributed by atoms with Crippen LogP contribution in [0.15, 0.2) is 65.8 Å². The van der Waals surface area contributed by atoms with Gasteiger partial charge in [0, 0.05) is 30.5 Å². The van der Waals surface area contributed by atoms with E-state index in [-0.39, 0.29) is 40.7 Å². The zero-order valence-electron chi connectivity index (χ0n) is 24.9. The fourth-order valence-corrected chi connectivity index (χ4v) is 6.25. The Morgan fingerprint density at radius 2 is 1.84 bits per heavy atom. The van der Waals surface area contributed by atoms with Crippen molar-refractivity contribution in [2.45, 2.75) is 51.6 Å². The van der Waals surface area contributed by atoms with Gasteiger partial charge in [-0.3, -0.25) is 14.4 Å². The number of nitrogens with one attached hydrogen (secondary N) is 1. The summed E-state index contributed by atoms with van der Waals surface area (Å²) >= 11 is 0. The third kappa shape index (κ3) is 6.70. The van der Waals surface area contributed by atoms with E-state index >= 15 is 0 Å². The van der Waals surface area contributed by atoms with Gasteiger partial charge in [-0.2, -0.15) is 10.1 Å². The molecule has 0 aliphatic carbocycles. The molecule has 3 heterocycles. The minimum absolute atomic E-state index is 0.0858. The second kappa shape index (κ2) is 12.5. The summed E-state index contributed by atoms with van der Waals surface area (Å²) < 4.78 is 42.8. The standard InChI is InChI=1S/C31H36N6O5S/c1-20(2)14-24-19-42-28-16-27(29-21(3)8-6-9-22(29)4)33-31(34-28)35-43(39,40)26-11-7-10-23(15-26)30(38)37(24)25-17-32-36(18-25)12-13-41-5/h6-11,15-18,20,24H,12-14,19H2,1-5H3,(H,33,34,35)/t24-/m1/s1. The van der Waals surface area contributed by atoms with Crippen LogP contribution in [-0.2, 0) is 21.3 Å². The summed E-state index contributed by atoms with van der Waals surface area (Å²) in [5, 5.41) is 4.43. The van der Waals surface area contributed by atoms with Gasteiger partial charge in [0.15, 0.2) is 0 Å². The van der Waals surface area contributed by atoms with Gasteiger partial charge in [-0.15, -0.1) is 0 Å². The highest BCUT2D eigenvalue weighted by Gasteiger charge is 2.31. The highest BCUT2D eigenvalue weighted by Crippen LogP contribution is 2.31. The topological polar surface area (TPSA) is 129 Å². The first-order valence-corrected chi connectivity index (χ1v) is 15.6. The number of methoxy groups -OCH3 is 1. The van der Waals surface area contributed by atoms with Gasteiger partial charge < -0.3 is 9.47 Å². The first-order chi connectivity index (χ1) is 20.6.